The molecule has 1 saturated heterocycles. The summed E-state index contributed by atoms with van der Waals surface area (Å²) in [7, 11) is 0. The Morgan fingerprint density at radius 2 is 1.76 bits per heavy atom. The van der Waals surface area contributed by atoms with Gasteiger partial charge in [0, 0.05) is 60.3 Å². The van der Waals surface area contributed by atoms with Crippen LogP contribution in [0.25, 0.3) is 10.9 Å². The number of hydrogen-bond donors (Lipinski definition) is 1. The molecule has 0 spiro atoms. The molecule has 5 rings (SSSR count). The second kappa shape index (κ2) is 12.0. The maximum absolute atomic E-state index is 13.3. The van der Waals surface area contributed by atoms with Crippen LogP contribution in [0, 0.1) is 0 Å². The number of halogens is 1. The van der Waals surface area contributed by atoms with Crippen LogP contribution in [0.1, 0.15) is 22.8 Å². The predicted molar refractivity (Wildman–Crippen MR) is 154 cm³/mol. The van der Waals surface area contributed by atoms with Crippen LogP contribution in [0.3, 0.4) is 0 Å². The van der Waals surface area contributed by atoms with E-state index in [9.17, 15) is 4.79 Å². The van der Waals surface area contributed by atoms with Crippen LogP contribution in [0.15, 0.2) is 88.8 Å². The summed E-state index contributed by atoms with van der Waals surface area (Å²) in [4.78, 5) is 23.9. The zero-order chi connectivity index (χ0) is 25.6. The number of benzene rings is 3. The van der Waals surface area contributed by atoms with Crippen molar-refractivity contribution in [3.63, 3.8) is 0 Å². The topological polar surface area (TPSA) is 48.5 Å². The molecule has 4 aromatic rings. The number of aryl methyl sites for hydroxylation is 1. The summed E-state index contributed by atoms with van der Waals surface area (Å²) < 4.78 is 0. The number of nitrogens with zero attached hydrogens (tertiary/aromatic N) is 3. The zero-order valence-corrected chi connectivity index (χ0v) is 22.6. The summed E-state index contributed by atoms with van der Waals surface area (Å²) in [5, 5.41) is 5.61. The van der Waals surface area contributed by atoms with Gasteiger partial charge in [-0.25, -0.2) is 4.98 Å². The fourth-order valence-corrected chi connectivity index (χ4v) is 5.65. The van der Waals surface area contributed by atoms with E-state index in [1.165, 1.54) is 11.3 Å². The average Bonchev–Trinajstić information content (AvgIpc) is 2.93. The molecule has 1 aromatic heterocycles. The highest BCUT2D eigenvalue weighted by atomic mass is 35.5. The van der Waals surface area contributed by atoms with Gasteiger partial charge in [-0.05, 0) is 54.4 Å². The zero-order valence-electron chi connectivity index (χ0n) is 21.0. The molecule has 3 aromatic carbocycles. The van der Waals surface area contributed by atoms with Crippen molar-refractivity contribution in [2.75, 3.05) is 44.2 Å². The van der Waals surface area contributed by atoms with E-state index in [0.717, 1.165) is 65.0 Å². The molecule has 0 atom stereocenters. The molecule has 0 saturated carbocycles. The van der Waals surface area contributed by atoms with Crippen LogP contribution >= 0.6 is 23.4 Å². The molecule has 1 aliphatic rings. The third-order valence-corrected chi connectivity index (χ3v) is 7.91. The summed E-state index contributed by atoms with van der Waals surface area (Å²) in [6, 6.07) is 26.3. The molecule has 1 N–H and O–H groups in total. The van der Waals surface area contributed by atoms with Gasteiger partial charge in [-0.1, -0.05) is 66.7 Å². The quantitative estimate of drug-likeness (QED) is 0.296. The monoisotopic (exact) mass is 530 g/mol. The van der Waals surface area contributed by atoms with E-state index in [1.54, 1.807) is 11.8 Å². The van der Waals surface area contributed by atoms with Crippen LogP contribution < -0.4 is 10.2 Å². The highest BCUT2D eigenvalue weighted by Crippen LogP contribution is 2.30. The van der Waals surface area contributed by atoms with Gasteiger partial charge in [0.05, 0.1) is 11.1 Å². The van der Waals surface area contributed by atoms with E-state index in [-0.39, 0.29) is 5.91 Å². The molecule has 2 heterocycles. The van der Waals surface area contributed by atoms with Crippen LogP contribution in [-0.4, -0.2) is 55.1 Å². The van der Waals surface area contributed by atoms with Gasteiger partial charge in [-0.3, -0.25) is 9.69 Å². The maximum atomic E-state index is 13.3. The lowest BCUT2D eigenvalue weighted by Crippen LogP contribution is -2.48. The van der Waals surface area contributed by atoms with Gasteiger partial charge < -0.3 is 10.2 Å². The third kappa shape index (κ3) is 6.45. The number of carbonyl (C=O) groups excluding carboxylic acids is 1. The van der Waals surface area contributed by atoms with Crippen molar-refractivity contribution in [2.45, 2.75) is 23.3 Å². The van der Waals surface area contributed by atoms with E-state index >= 15 is 0 Å². The number of amides is 1. The highest BCUT2D eigenvalue weighted by Gasteiger charge is 2.18. The fourth-order valence-electron chi connectivity index (χ4n) is 4.63. The van der Waals surface area contributed by atoms with Gasteiger partial charge in [0.25, 0.3) is 5.91 Å². The molecular weight excluding hydrogens is 500 g/mol. The Balaban J connectivity index is 1.20. The number of fused-ring (bicyclic) bond motifs is 1. The summed E-state index contributed by atoms with van der Waals surface area (Å²) in [6.45, 7) is 7.39. The smallest absolute Gasteiger partial charge is 0.252 e. The Hall–Kier alpha value is -3.06. The molecule has 7 heteroatoms. The van der Waals surface area contributed by atoms with E-state index in [4.69, 9.17) is 16.6 Å². The first-order chi connectivity index (χ1) is 18.1. The van der Waals surface area contributed by atoms with Gasteiger partial charge >= 0.3 is 0 Å². The van der Waals surface area contributed by atoms with Crippen LogP contribution in [0.2, 0.25) is 5.02 Å². The number of para-hydroxylation sites is 1. The number of nitrogens with one attached hydrogen (secondary N) is 1. The first kappa shape index (κ1) is 25.6. The van der Waals surface area contributed by atoms with E-state index in [1.807, 2.05) is 48.5 Å². The summed E-state index contributed by atoms with van der Waals surface area (Å²) in [5.41, 5.74) is 3.98. The second-order valence-electron chi connectivity index (χ2n) is 9.19. The number of rotatable bonds is 8. The van der Waals surface area contributed by atoms with Crippen LogP contribution in [-0.2, 0) is 6.42 Å². The summed E-state index contributed by atoms with van der Waals surface area (Å²) >= 11 is 7.74. The van der Waals surface area contributed by atoms with Crippen molar-refractivity contribution in [1.29, 1.82) is 0 Å². The van der Waals surface area contributed by atoms with E-state index in [2.05, 4.69) is 52.4 Å². The number of anilines is 1. The van der Waals surface area contributed by atoms with Crippen molar-refractivity contribution in [2.24, 2.45) is 0 Å². The number of pyridine rings is 1. The molecule has 0 radical (unpaired) electrons. The first-order valence-electron chi connectivity index (χ1n) is 12.8. The molecular formula is C30H31ClN4OS. The van der Waals surface area contributed by atoms with Gasteiger partial charge in [-0.15, -0.1) is 0 Å². The highest BCUT2D eigenvalue weighted by molar-refractivity contribution is 7.99. The maximum Gasteiger partial charge on any atom is 0.252 e. The molecule has 37 heavy (non-hydrogen) atoms. The molecule has 1 aliphatic heterocycles. The van der Waals surface area contributed by atoms with Crippen LogP contribution in [0.4, 0.5) is 5.69 Å². The molecule has 0 unspecified atom stereocenters. The third-order valence-electron chi connectivity index (χ3n) is 6.75. The Kier molecular flexibility index (Phi) is 8.29. The van der Waals surface area contributed by atoms with Crippen molar-refractivity contribution in [3.05, 3.63) is 95.0 Å². The Labute approximate surface area is 227 Å². The summed E-state index contributed by atoms with van der Waals surface area (Å²) in [5.74, 6) is -0.0562. The molecule has 0 bridgehead atoms. The largest absolute Gasteiger partial charge is 0.369 e. The number of hydrogen-bond acceptors (Lipinski definition) is 5. The first-order valence-corrected chi connectivity index (χ1v) is 14.0. The minimum atomic E-state index is -0.0562. The summed E-state index contributed by atoms with van der Waals surface area (Å²) in [6.07, 6.45) is 1.01. The predicted octanol–water partition coefficient (Wildman–Crippen LogP) is 6.15. The van der Waals surface area contributed by atoms with Gasteiger partial charge in [0.1, 0.15) is 5.03 Å². The molecule has 0 aliphatic carbocycles. The lowest BCUT2D eigenvalue weighted by molar-refractivity contribution is 0.0949. The molecule has 190 valence electrons. The Morgan fingerprint density at radius 3 is 2.51 bits per heavy atom. The molecule has 1 fully saturated rings. The lowest BCUT2D eigenvalue weighted by atomic mass is 10.1. The van der Waals surface area contributed by atoms with Gasteiger partial charge in [0.2, 0.25) is 0 Å². The van der Waals surface area contributed by atoms with Gasteiger partial charge in [-0.2, -0.15) is 0 Å². The SMILES string of the molecule is CCc1ccc(Sc2cc(C(=O)NCCN3CCN(c4cccc(Cl)c4)CC3)c3ccccc3n2)cc1. The van der Waals surface area contributed by atoms with E-state index in [0.29, 0.717) is 12.1 Å². The van der Waals surface area contributed by atoms with E-state index < -0.39 is 0 Å². The fraction of sp³-hybridized carbons (Fsp3) is 0.267. The van der Waals surface area contributed by atoms with Crippen molar-refractivity contribution < 1.29 is 4.79 Å². The number of carbonyl (C=O) groups is 1. The second-order valence-corrected chi connectivity index (χ2v) is 10.7. The molecule has 5 nitrogen and oxygen atoms in total. The van der Waals surface area contributed by atoms with Crippen molar-refractivity contribution in [1.82, 2.24) is 15.2 Å². The number of aromatic nitrogens is 1. The lowest BCUT2D eigenvalue weighted by Gasteiger charge is -2.36. The van der Waals surface area contributed by atoms with Crippen molar-refractivity contribution >= 4 is 45.9 Å². The normalized spacial score (nSPS) is 14.2. The average molecular weight is 531 g/mol. The molecule has 1 amide bonds. The standard InChI is InChI=1S/C30H31ClN4OS/c1-2-22-10-12-25(13-11-22)37-29-21-27(26-8-3-4-9-28(26)33-29)30(36)32-14-15-34-16-18-35(19-17-34)24-7-5-6-23(31)20-24/h3-13,20-21H,2,14-19H2,1H3,(H,32,36). The van der Waals surface area contributed by atoms with Gasteiger partial charge in [0.15, 0.2) is 0 Å². The minimum Gasteiger partial charge on any atom is -0.369 e. The minimum absolute atomic E-state index is 0.0562. The Bertz CT molecular complexity index is 1370. The van der Waals surface area contributed by atoms with Crippen LogP contribution in [0.5, 0.6) is 0 Å². The Morgan fingerprint density at radius 1 is 0.973 bits per heavy atom. The number of piperazine rings is 1. The van der Waals surface area contributed by atoms with Crippen molar-refractivity contribution in [3.8, 4) is 0 Å².